The Hall–Kier alpha value is -1.56. The molecule has 2 aromatic rings. The molecule has 108 valence electrons. The van der Waals surface area contributed by atoms with Gasteiger partial charge in [-0.1, -0.05) is 0 Å². The van der Waals surface area contributed by atoms with Crippen LogP contribution in [-0.2, 0) is 9.73 Å². The Balaban J connectivity index is 2.35. The van der Waals surface area contributed by atoms with E-state index in [9.17, 15) is 4.21 Å². The highest BCUT2D eigenvalue weighted by atomic mass is 32.2. The summed E-state index contributed by atoms with van der Waals surface area (Å²) in [6.07, 6.45) is 3.53. The molecule has 20 heavy (non-hydrogen) atoms. The van der Waals surface area contributed by atoms with E-state index < -0.39 is 9.73 Å². The van der Waals surface area contributed by atoms with E-state index in [1.807, 2.05) is 12.3 Å². The van der Waals surface area contributed by atoms with Gasteiger partial charge in [-0.25, -0.2) is 13.6 Å². The molecule has 0 aromatic carbocycles. The molecule has 0 saturated heterocycles. The lowest BCUT2D eigenvalue weighted by atomic mass is 10.0. The van der Waals surface area contributed by atoms with Crippen LogP contribution < -0.4 is 4.90 Å². The van der Waals surface area contributed by atoms with Gasteiger partial charge in [0.05, 0.1) is 22.0 Å². The van der Waals surface area contributed by atoms with Gasteiger partial charge in [-0.15, -0.1) is 0 Å². The highest BCUT2D eigenvalue weighted by Crippen LogP contribution is 2.34. The average molecular weight is 292 g/mol. The van der Waals surface area contributed by atoms with Crippen LogP contribution in [0.2, 0.25) is 0 Å². The molecule has 0 saturated carbocycles. The van der Waals surface area contributed by atoms with E-state index in [-0.39, 0.29) is 5.54 Å². The summed E-state index contributed by atoms with van der Waals surface area (Å²) >= 11 is 0. The molecular weight excluding hydrogens is 272 g/mol. The quantitative estimate of drug-likeness (QED) is 0.812. The smallest absolute Gasteiger partial charge is 0.161 e. The van der Waals surface area contributed by atoms with E-state index in [0.717, 1.165) is 23.3 Å². The van der Waals surface area contributed by atoms with E-state index >= 15 is 0 Å². The fourth-order valence-electron chi connectivity index (χ4n) is 2.62. The van der Waals surface area contributed by atoms with Crippen molar-refractivity contribution in [3.05, 3.63) is 18.3 Å². The number of hydrogen-bond donors (Lipinski definition) is 1. The highest BCUT2D eigenvalue weighted by Gasteiger charge is 2.29. The largest absolute Gasteiger partial charge is 0.363 e. The van der Waals surface area contributed by atoms with Crippen molar-refractivity contribution in [1.29, 1.82) is 0 Å². The zero-order valence-corrected chi connectivity index (χ0v) is 13.1. The molecule has 1 aliphatic rings. The summed E-state index contributed by atoms with van der Waals surface area (Å²) < 4.78 is 17.2. The second-order valence-corrected chi connectivity index (χ2v) is 8.46. The Bertz CT molecular complexity index is 778. The number of fused-ring (bicyclic) bond motifs is 2. The van der Waals surface area contributed by atoms with Crippen molar-refractivity contribution in [2.24, 2.45) is 4.36 Å². The van der Waals surface area contributed by atoms with E-state index in [0.29, 0.717) is 11.6 Å². The standard InChI is InChI=1S/C14H20N4OS/c1-14(2,3)18-8-7-16-20(4,19)13-11(18)9-10-5-6-15-12(10)17-13/h5-6,9H,7-8H2,1-4H3,(H,15,17). The van der Waals surface area contributed by atoms with Crippen molar-refractivity contribution >= 4 is 26.4 Å². The van der Waals surface area contributed by atoms with E-state index in [2.05, 4.69) is 46.1 Å². The van der Waals surface area contributed by atoms with Crippen molar-refractivity contribution in [3.8, 4) is 0 Å². The predicted octanol–water partition coefficient (Wildman–Crippen LogP) is 2.64. The van der Waals surface area contributed by atoms with Crippen LogP contribution in [0.3, 0.4) is 0 Å². The highest BCUT2D eigenvalue weighted by molar-refractivity contribution is 7.93. The zero-order valence-electron chi connectivity index (χ0n) is 12.3. The molecule has 1 unspecified atom stereocenters. The first kappa shape index (κ1) is 13.4. The molecule has 0 bridgehead atoms. The summed E-state index contributed by atoms with van der Waals surface area (Å²) in [5, 5.41) is 1.63. The molecule has 0 radical (unpaired) electrons. The molecule has 3 heterocycles. The number of anilines is 1. The van der Waals surface area contributed by atoms with Gasteiger partial charge >= 0.3 is 0 Å². The van der Waals surface area contributed by atoms with Crippen LogP contribution in [0.1, 0.15) is 20.8 Å². The van der Waals surface area contributed by atoms with Crippen molar-refractivity contribution in [3.63, 3.8) is 0 Å². The zero-order chi connectivity index (χ0) is 14.5. The first-order chi connectivity index (χ1) is 9.29. The van der Waals surface area contributed by atoms with Gasteiger partial charge in [-0.3, -0.25) is 0 Å². The Morgan fingerprint density at radius 2 is 2.15 bits per heavy atom. The third kappa shape index (κ3) is 2.08. The SMILES string of the molecule is CC(C)(C)N1CCN=S(C)(=O)c2nc3[nH]ccc3cc21. The van der Waals surface area contributed by atoms with Crippen molar-refractivity contribution in [2.75, 3.05) is 24.2 Å². The van der Waals surface area contributed by atoms with Crippen LogP contribution in [0.4, 0.5) is 5.69 Å². The molecule has 3 rings (SSSR count). The van der Waals surface area contributed by atoms with Gasteiger partial charge < -0.3 is 9.88 Å². The third-order valence-electron chi connectivity index (χ3n) is 3.60. The lowest BCUT2D eigenvalue weighted by molar-refractivity contribution is 0.505. The summed E-state index contributed by atoms with van der Waals surface area (Å²) in [7, 11) is -2.44. The maximum atomic E-state index is 12.8. The van der Waals surface area contributed by atoms with Crippen LogP contribution >= 0.6 is 0 Å². The third-order valence-corrected chi connectivity index (χ3v) is 5.29. The van der Waals surface area contributed by atoms with Crippen molar-refractivity contribution in [2.45, 2.75) is 31.3 Å². The normalized spacial score (nSPS) is 23.3. The fraction of sp³-hybridized carbons (Fsp3) is 0.500. The van der Waals surface area contributed by atoms with Crippen LogP contribution in [0, 0.1) is 0 Å². The number of rotatable bonds is 0. The monoisotopic (exact) mass is 292 g/mol. The molecule has 1 atom stereocenters. The molecule has 0 amide bonds. The summed E-state index contributed by atoms with van der Waals surface area (Å²) in [6, 6.07) is 4.06. The fourth-order valence-corrected chi connectivity index (χ4v) is 3.99. The van der Waals surface area contributed by atoms with Gasteiger partial charge in [-0.2, -0.15) is 0 Å². The maximum Gasteiger partial charge on any atom is 0.161 e. The lowest BCUT2D eigenvalue weighted by Gasteiger charge is -2.37. The molecule has 0 fully saturated rings. The van der Waals surface area contributed by atoms with E-state index in [1.165, 1.54) is 0 Å². The molecule has 5 nitrogen and oxygen atoms in total. The van der Waals surface area contributed by atoms with Crippen LogP contribution in [0.5, 0.6) is 0 Å². The van der Waals surface area contributed by atoms with E-state index in [1.54, 1.807) is 6.26 Å². The number of H-pyrrole nitrogens is 1. The van der Waals surface area contributed by atoms with Crippen LogP contribution in [0.25, 0.3) is 11.0 Å². The first-order valence-corrected chi connectivity index (χ1v) is 8.65. The first-order valence-electron chi connectivity index (χ1n) is 6.73. The topological polar surface area (TPSA) is 61.4 Å². The number of hydrogen-bond acceptors (Lipinski definition) is 4. The molecule has 0 aliphatic carbocycles. The van der Waals surface area contributed by atoms with Crippen molar-refractivity contribution < 1.29 is 4.21 Å². The van der Waals surface area contributed by atoms with Crippen LogP contribution in [0.15, 0.2) is 27.7 Å². The van der Waals surface area contributed by atoms with Crippen molar-refractivity contribution in [1.82, 2.24) is 9.97 Å². The molecule has 1 N–H and O–H groups in total. The number of nitrogens with zero attached hydrogens (tertiary/aromatic N) is 3. The second-order valence-electron chi connectivity index (χ2n) is 6.21. The Kier molecular flexibility index (Phi) is 2.83. The van der Waals surface area contributed by atoms with Gasteiger partial charge in [0.15, 0.2) is 5.03 Å². The van der Waals surface area contributed by atoms with Gasteiger partial charge in [0.25, 0.3) is 0 Å². The van der Waals surface area contributed by atoms with Crippen LogP contribution in [-0.4, -0.2) is 39.1 Å². The Labute approximate surface area is 119 Å². The van der Waals surface area contributed by atoms with Gasteiger partial charge in [0.2, 0.25) is 0 Å². The number of aromatic amines is 1. The number of pyridine rings is 1. The lowest BCUT2D eigenvalue weighted by Crippen LogP contribution is -2.43. The Morgan fingerprint density at radius 3 is 2.85 bits per heavy atom. The summed E-state index contributed by atoms with van der Waals surface area (Å²) in [5.74, 6) is 0. The number of nitrogens with one attached hydrogen (secondary N) is 1. The molecule has 0 spiro atoms. The second kappa shape index (κ2) is 4.22. The maximum absolute atomic E-state index is 12.8. The minimum atomic E-state index is -2.44. The summed E-state index contributed by atoms with van der Waals surface area (Å²) in [4.78, 5) is 9.92. The van der Waals surface area contributed by atoms with Gasteiger partial charge in [0, 0.05) is 29.9 Å². The minimum absolute atomic E-state index is 0.0597. The molecule has 2 aromatic heterocycles. The molecule has 6 heteroatoms. The van der Waals surface area contributed by atoms with Gasteiger partial charge in [-0.05, 0) is 32.9 Å². The van der Waals surface area contributed by atoms with E-state index in [4.69, 9.17) is 0 Å². The molecular formula is C14H20N4OS. The summed E-state index contributed by atoms with van der Waals surface area (Å²) in [6.45, 7) is 7.79. The number of aromatic nitrogens is 2. The predicted molar refractivity (Wildman–Crippen MR) is 82.8 cm³/mol. The summed E-state index contributed by atoms with van der Waals surface area (Å²) in [5.41, 5.74) is 1.65. The molecule has 1 aliphatic heterocycles. The van der Waals surface area contributed by atoms with Gasteiger partial charge in [0.1, 0.15) is 5.65 Å². The Morgan fingerprint density at radius 1 is 1.40 bits per heavy atom. The average Bonchev–Trinajstić information content (AvgIpc) is 2.73. The minimum Gasteiger partial charge on any atom is -0.363 e.